The molecule has 0 heterocycles. The number of amides is 2. The second-order valence-corrected chi connectivity index (χ2v) is 12.1. The standard InChI is InChI=1S/C27H27Cl4N3O4S/c1-3-14-32-27(36)18(2)33(16-21-22(28)10-7-11-23(21)29)26(35)17-34(19-12-13-24(30)25(31)15-19)39(37,38)20-8-5-4-6-9-20/h4-13,15,18H,3,14,16-17H2,1-2H3,(H,32,36)/t18-/m0/s1. The average molecular weight is 631 g/mol. The first-order valence-corrected chi connectivity index (χ1v) is 15.0. The Kier molecular flexibility index (Phi) is 10.9. The van der Waals surface area contributed by atoms with Gasteiger partial charge in [-0.05, 0) is 55.8 Å². The molecular weight excluding hydrogens is 604 g/mol. The fourth-order valence-corrected chi connectivity index (χ4v) is 5.96. The smallest absolute Gasteiger partial charge is 0.264 e. The van der Waals surface area contributed by atoms with Crippen molar-refractivity contribution < 1.29 is 18.0 Å². The summed E-state index contributed by atoms with van der Waals surface area (Å²) in [5.41, 5.74) is 0.553. The average Bonchev–Trinajstić information content (AvgIpc) is 2.91. The summed E-state index contributed by atoms with van der Waals surface area (Å²) in [6.07, 6.45) is 0.698. The van der Waals surface area contributed by atoms with Gasteiger partial charge in [-0.2, -0.15) is 0 Å². The Morgan fingerprint density at radius 1 is 0.872 bits per heavy atom. The molecule has 1 atom stereocenters. The van der Waals surface area contributed by atoms with E-state index in [1.165, 1.54) is 35.2 Å². The van der Waals surface area contributed by atoms with Gasteiger partial charge in [0.2, 0.25) is 11.8 Å². The minimum absolute atomic E-state index is 0.0293. The summed E-state index contributed by atoms with van der Waals surface area (Å²) in [6.45, 7) is 3.11. The summed E-state index contributed by atoms with van der Waals surface area (Å²) in [4.78, 5) is 28.1. The van der Waals surface area contributed by atoms with Crippen molar-refractivity contribution in [1.82, 2.24) is 10.2 Å². The SMILES string of the molecule is CCCNC(=O)[C@H](C)N(Cc1c(Cl)cccc1Cl)C(=O)CN(c1ccc(Cl)c(Cl)c1)S(=O)(=O)c1ccccc1. The van der Waals surface area contributed by atoms with E-state index in [2.05, 4.69) is 5.32 Å². The molecule has 0 unspecified atom stereocenters. The lowest BCUT2D eigenvalue weighted by Crippen LogP contribution is -2.51. The highest BCUT2D eigenvalue weighted by Gasteiger charge is 2.33. The van der Waals surface area contributed by atoms with E-state index in [9.17, 15) is 18.0 Å². The Hall–Kier alpha value is -2.49. The van der Waals surface area contributed by atoms with Crippen LogP contribution in [-0.2, 0) is 26.2 Å². The van der Waals surface area contributed by atoms with Crippen molar-refractivity contribution in [1.29, 1.82) is 0 Å². The van der Waals surface area contributed by atoms with Crippen molar-refractivity contribution in [2.45, 2.75) is 37.8 Å². The third-order valence-electron chi connectivity index (χ3n) is 5.91. The number of carbonyl (C=O) groups is 2. The quantitative estimate of drug-likeness (QED) is 0.264. The number of hydrogen-bond donors (Lipinski definition) is 1. The van der Waals surface area contributed by atoms with Crippen LogP contribution in [0.5, 0.6) is 0 Å². The summed E-state index contributed by atoms with van der Waals surface area (Å²) in [6, 6.07) is 15.9. The Morgan fingerprint density at radius 2 is 1.51 bits per heavy atom. The van der Waals surface area contributed by atoms with Gasteiger partial charge in [0, 0.05) is 28.7 Å². The number of nitrogens with zero attached hydrogens (tertiary/aromatic N) is 2. The molecule has 7 nitrogen and oxygen atoms in total. The monoisotopic (exact) mass is 629 g/mol. The van der Waals surface area contributed by atoms with Crippen LogP contribution >= 0.6 is 46.4 Å². The van der Waals surface area contributed by atoms with Gasteiger partial charge in [0.15, 0.2) is 0 Å². The topological polar surface area (TPSA) is 86.8 Å². The van der Waals surface area contributed by atoms with Crippen LogP contribution in [0.2, 0.25) is 20.1 Å². The number of nitrogens with one attached hydrogen (secondary N) is 1. The van der Waals surface area contributed by atoms with E-state index in [0.717, 1.165) is 4.31 Å². The van der Waals surface area contributed by atoms with Crippen molar-refractivity contribution in [3.8, 4) is 0 Å². The van der Waals surface area contributed by atoms with Crippen LogP contribution in [0.1, 0.15) is 25.8 Å². The number of hydrogen-bond acceptors (Lipinski definition) is 4. The summed E-state index contributed by atoms with van der Waals surface area (Å²) < 4.78 is 28.4. The first-order valence-electron chi connectivity index (χ1n) is 12.0. The fraction of sp³-hybridized carbons (Fsp3) is 0.259. The van der Waals surface area contributed by atoms with E-state index in [4.69, 9.17) is 46.4 Å². The molecule has 2 amide bonds. The zero-order chi connectivity index (χ0) is 28.7. The molecule has 208 valence electrons. The maximum atomic E-state index is 13.9. The van der Waals surface area contributed by atoms with Crippen LogP contribution in [0, 0.1) is 0 Å². The minimum Gasteiger partial charge on any atom is -0.354 e. The van der Waals surface area contributed by atoms with Crippen LogP contribution in [-0.4, -0.2) is 44.3 Å². The maximum Gasteiger partial charge on any atom is 0.264 e. The summed E-state index contributed by atoms with van der Waals surface area (Å²) in [5, 5.41) is 3.72. The summed E-state index contributed by atoms with van der Waals surface area (Å²) in [5.74, 6) is -1.06. The van der Waals surface area contributed by atoms with Gasteiger partial charge in [-0.3, -0.25) is 13.9 Å². The lowest BCUT2D eigenvalue weighted by Gasteiger charge is -2.32. The van der Waals surface area contributed by atoms with Gasteiger partial charge in [0.05, 0.1) is 20.6 Å². The molecule has 0 spiro atoms. The highest BCUT2D eigenvalue weighted by atomic mass is 35.5. The van der Waals surface area contributed by atoms with Crippen LogP contribution < -0.4 is 9.62 Å². The molecule has 3 rings (SSSR count). The van der Waals surface area contributed by atoms with Crippen molar-refractivity contribution in [2.75, 3.05) is 17.4 Å². The van der Waals surface area contributed by atoms with E-state index >= 15 is 0 Å². The number of sulfonamides is 1. The number of rotatable bonds is 11. The Bertz CT molecular complexity index is 1420. The van der Waals surface area contributed by atoms with E-state index in [1.807, 2.05) is 6.92 Å². The third-order valence-corrected chi connectivity index (χ3v) is 9.14. The second kappa shape index (κ2) is 13.7. The second-order valence-electron chi connectivity index (χ2n) is 8.61. The predicted molar refractivity (Wildman–Crippen MR) is 157 cm³/mol. The molecule has 0 saturated carbocycles. The molecular formula is C27H27Cl4N3O4S. The van der Waals surface area contributed by atoms with Gasteiger partial charge in [-0.15, -0.1) is 0 Å². The van der Waals surface area contributed by atoms with Crippen LogP contribution in [0.25, 0.3) is 0 Å². The Labute approximate surface area is 248 Å². The highest BCUT2D eigenvalue weighted by molar-refractivity contribution is 7.92. The minimum atomic E-state index is -4.23. The molecule has 3 aromatic carbocycles. The van der Waals surface area contributed by atoms with E-state index in [-0.39, 0.29) is 27.2 Å². The lowest BCUT2D eigenvalue weighted by atomic mass is 10.1. The first-order chi connectivity index (χ1) is 18.5. The van der Waals surface area contributed by atoms with Gasteiger partial charge < -0.3 is 10.2 Å². The lowest BCUT2D eigenvalue weighted by molar-refractivity contribution is -0.139. The van der Waals surface area contributed by atoms with Crippen molar-refractivity contribution >= 4 is 73.9 Å². The number of benzene rings is 3. The van der Waals surface area contributed by atoms with Crippen LogP contribution in [0.4, 0.5) is 5.69 Å². The number of halogens is 4. The molecule has 12 heteroatoms. The molecule has 0 aliphatic rings. The van der Waals surface area contributed by atoms with Gasteiger partial charge in [0.1, 0.15) is 12.6 Å². The summed E-state index contributed by atoms with van der Waals surface area (Å²) >= 11 is 25.0. The first kappa shape index (κ1) is 31.0. The normalized spacial score (nSPS) is 12.1. The molecule has 0 fully saturated rings. The summed E-state index contributed by atoms with van der Waals surface area (Å²) in [7, 11) is -4.23. The van der Waals surface area contributed by atoms with Crippen LogP contribution in [0.3, 0.4) is 0 Å². The highest BCUT2D eigenvalue weighted by Crippen LogP contribution is 2.31. The number of anilines is 1. The molecule has 0 aliphatic carbocycles. The zero-order valence-corrected chi connectivity index (χ0v) is 25.0. The van der Waals surface area contributed by atoms with Crippen molar-refractivity contribution in [3.63, 3.8) is 0 Å². The van der Waals surface area contributed by atoms with Gasteiger partial charge >= 0.3 is 0 Å². The third kappa shape index (κ3) is 7.58. The van der Waals surface area contributed by atoms with Crippen LogP contribution in [0.15, 0.2) is 71.6 Å². The molecule has 3 aromatic rings. The van der Waals surface area contributed by atoms with Gasteiger partial charge in [-0.1, -0.05) is 77.6 Å². The Balaban J connectivity index is 2.07. The molecule has 0 radical (unpaired) electrons. The maximum absolute atomic E-state index is 13.9. The van der Waals surface area contributed by atoms with Gasteiger partial charge in [0.25, 0.3) is 10.0 Å². The Morgan fingerprint density at radius 3 is 2.10 bits per heavy atom. The van der Waals surface area contributed by atoms with Gasteiger partial charge in [-0.25, -0.2) is 8.42 Å². The fourth-order valence-electron chi connectivity index (χ4n) is 3.72. The predicted octanol–water partition coefficient (Wildman–Crippen LogP) is 6.44. The molecule has 0 bridgehead atoms. The molecule has 39 heavy (non-hydrogen) atoms. The van der Waals surface area contributed by atoms with E-state index in [0.29, 0.717) is 28.6 Å². The van der Waals surface area contributed by atoms with E-state index in [1.54, 1.807) is 43.3 Å². The zero-order valence-electron chi connectivity index (χ0n) is 21.2. The largest absolute Gasteiger partial charge is 0.354 e. The van der Waals surface area contributed by atoms with Crippen molar-refractivity contribution in [2.24, 2.45) is 0 Å². The molecule has 0 aromatic heterocycles. The molecule has 0 saturated heterocycles. The number of carbonyl (C=O) groups excluding carboxylic acids is 2. The molecule has 1 N–H and O–H groups in total. The van der Waals surface area contributed by atoms with E-state index < -0.39 is 34.4 Å². The van der Waals surface area contributed by atoms with Crippen molar-refractivity contribution in [3.05, 3.63) is 92.4 Å². The molecule has 0 aliphatic heterocycles.